The number of aromatic nitrogens is 4. The van der Waals surface area contributed by atoms with Crippen molar-refractivity contribution < 1.29 is 13.9 Å². The molecule has 34 heavy (non-hydrogen) atoms. The topological polar surface area (TPSA) is 74.1 Å². The summed E-state index contributed by atoms with van der Waals surface area (Å²) >= 11 is 0. The second-order valence-corrected chi connectivity index (χ2v) is 8.95. The minimum atomic E-state index is -1.08. The molecule has 6 rings (SSSR count). The van der Waals surface area contributed by atoms with Gasteiger partial charge in [-0.05, 0) is 31.9 Å². The van der Waals surface area contributed by atoms with E-state index in [1.54, 1.807) is 11.0 Å². The number of hydrogen-bond donors (Lipinski definition) is 1. The zero-order valence-corrected chi connectivity index (χ0v) is 18.9. The fourth-order valence-electron chi connectivity index (χ4n) is 4.39. The van der Waals surface area contributed by atoms with Crippen LogP contribution in [0.4, 0.5) is 4.39 Å². The maximum absolute atomic E-state index is 14.6. The van der Waals surface area contributed by atoms with Crippen molar-refractivity contribution in [2.75, 3.05) is 13.1 Å². The van der Waals surface area contributed by atoms with Gasteiger partial charge in [0.15, 0.2) is 11.5 Å². The Morgan fingerprint density at radius 1 is 1.00 bits per heavy atom. The number of aryl methyl sites for hydroxylation is 1. The number of piperidine rings is 1. The molecule has 2 atom stereocenters. The summed E-state index contributed by atoms with van der Waals surface area (Å²) in [4.78, 5) is 9.15. The average molecular weight is 460 g/mol. The van der Waals surface area contributed by atoms with Crippen LogP contribution in [0.1, 0.15) is 19.3 Å². The smallest absolute Gasteiger partial charge is 0.163 e. The van der Waals surface area contributed by atoms with Crippen molar-refractivity contribution in [2.45, 2.75) is 37.6 Å². The quantitative estimate of drug-likeness (QED) is 0.463. The van der Waals surface area contributed by atoms with Crippen molar-refractivity contribution in [1.29, 1.82) is 0 Å². The maximum atomic E-state index is 14.6. The van der Waals surface area contributed by atoms with Crippen LogP contribution in [0.5, 0.6) is 11.5 Å². The first-order valence-electron chi connectivity index (χ1n) is 11.7. The van der Waals surface area contributed by atoms with Crippen LogP contribution < -0.4 is 14.8 Å². The van der Waals surface area contributed by atoms with E-state index in [0.717, 1.165) is 52.8 Å². The van der Waals surface area contributed by atoms with Gasteiger partial charge in [0, 0.05) is 42.4 Å². The van der Waals surface area contributed by atoms with E-state index >= 15 is 0 Å². The molecule has 0 unspecified atom stereocenters. The second kappa shape index (κ2) is 8.68. The van der Waals surface area contributed by atoms with Gasteiger partial charge in [0.2, 0.25) is 0 Å². The predicted molar refractivity (Wildman–Crippen MR) is 128 cm³/mol. The van der Waals surface area contributed by atoms with Gasteiger partial charge in [0.25, 0.3) is 0 Å². The summed E-state index contributed by atoms with van der Waals surface area (Å²) < 4.78 is 28.7. The van der Waals surface area contributed by atoms with Gasteiger partial charge in [-0.2, -0.15) is 5.10 Å². The van der Waals surface area contributed by atoms with E-state index in [2.05, 4.69) is 15.3 Å². The summed E-state index contributed by atoms with van der Waals surface area (Å²) in [6, 6.07) is 13.8. The van der Waals surface area contributed by atoms with Crippen LogP contribution in [0.25, 0.3) is 33.4 Å². The molecule has 0 radical (unpaired) electrons. The molecule has 1 saturated carbocycles. The minimum Gasteiger partial charge on any atom is -0.486 e. The number of fused-ring (bicyclic) bond motifs is 1. The van der Waals surface area contributed by atoms with Gasteiger partial charge in [0.1, 0.15) is 24.3 Å². The molecule has 0 spiro atoms. The van der Waals surface area contributed by atoms with Crippen LogP contribution in [0.15, 0.2) is 55.0 Å². The fraction of sp³-hybridized carbons (Fsp3) is 0.346. The minimum absolute atomic E-state index is 0.179. The lowest BCUT2D eigenvalue weighted by molar-refractivity contribution is 0.0699. The zero-order chi connectivity index (χ0) is 23.1. The number of ether oxygens (including phenoxy) is 2. The lowest BCUT2D eigenvalue weighted by atomic mass is 10.0. The molecule has 2 aromatic carbocycles. The van der Waals surface area contributed by atoms with E-state index in [0.29, 0.717) is 24.5 Å². The average Bonchev–Trinajstić information content (AvgIpc) is 3.59. The number of hydrogen-bond acceptors (Lipinski definition) is 6. The van der Waals surface area contributed by atoms with E-state index in [1.807, 2.05) is 55.7 Å². The molecule has 1 N–H and O–H groups in total. The summed E-state index contributed by atoms with van der Waals surface area (Å²) in [6.07, 6.45) is 4.73. The molecule has 1 saturated heterocycles. The molecular formula is C26H26FN5O2. The number of nitrogens with one attached hydrogen (secondary N) is 1. The summed E-state index contributed by atoms with van der Waals surface area (Å²) in [5.74, 6) is 1.15. The Morgan fingerprint density at radius 3 is 2.62 bits per heavy atom. The first kappa shape index (κ1) is 21.0. The third-order valence-electron chi connectivity index (χ3n) is 6.28. The summed E-state index contributed by atoms with van der Waals surface area (Å²) in [6.45, 7) is 1.02. The van der Waals surface area contributed by atoms with Crippen LogP contribution in [-0.4, -0.2) is 51.2 Å². The lowest BCUT2D eigenvalue weighted by Crippen LogP contribution is -2.44. The van der Waals surface area contributed by atoms with Gasteiger partial charge in [-0.1, -0.05) is 30.3 Å². The van der Waals surface area contributed by atoms with Crippen LogP contribution in [0.3, 0.4) is 0 Å². The number of nitrogens with zero attached hydrogens (tertiary/aromatic N) is 4. The molecule has 2 aromatic heterocycles. The molecule has 8 heteroatoms. The Labute approximate surface area is 196 Å². The van der Waals surface area contributed by atoms with Gasteiger partial charge < -0.3 is 14.8 Å². The predicted octanol–water partition coefficient (Wildman–Crippen LogP) is 4.32. The third-order valence-corrected chi connectivity index (χ3v) is 6.28. The van der Waals surface area contributed by atoms with Gasteiger partial charge in [-0.15, -0.1) is 0 Å². The van der Waals surface area contributed by atoms with Crippen molar-refractivity contribution in [3.8, 4) is 34.0 Å². The monoisotopic (exact) mass is 459 g/mol. The Balaban J connectivity index is 1.48. The van der Waals surface area contributed by atoms with Gasteiger partial charge in [-0.3, -0.25) is 4.68 Å². The molecule has 2 fully saturated rings. The first-order valence-corrected chi connectivity index (χ1v) is 11.7. The molecule has 0 bridgehead atoms. The SMILES string of the molecule is Cn1cc(-c2ncnc3cc(OC4CC4)c(O[C@@H]4CCNC[C@H]4F)cc23)c(-c2ccccc2)n1. The van der Waals surface area contributed by atoms with E-state index in [4.69, 9.17) is 14.6 Å². The van der Waals surface area contributed by atoms with Gasteiger partial charge in [0.05, 0.1) is 17.3 Å². The Kier molecular flexibility index (Phi) is 5.37. The maximum Gasteiger partial charge on any atom is 0.163 e. The summed E-state index contributed by atoms with van der Waals surface area (Å²) in [5, 5.41) is 8.59. The second-order valence-electron chi connectivity index (χ2n) is 8.95. The van der Waals surface area contributed by atoms with Crippen LogP contribution in [0, 0.1) is 0 Å². The van der Waals surface area contributed by atoms with E-state index < -0.39 is 12.3 Å². The molecule has 0 amide bonds. The summed E-state index contributed by atoms with van der Waals surface area (Å²) in [7, 11) is 1.90. The van der Waals surface area contributed by atoms with Gasteiger partial charge in [-0.25, -0.2) is 14.4 Å². The van der Waals surface area contributed by atoms with Crippen molar-refractivity contribution in [3.05, 3.63) is 55.0 Å². The molecule has 1 aliphatic heterocycles. The number of benzene rings is 2. The zero-order valence-electron chi connectivity index (χ0n) is 18.9. The largest absolute Gasteiger partial charge is 0.486 e. The van der Waals surface area contributed by atoms with Crippen molar-refractivity contribution in [1.82, 2.24) is 25.1 Å². The molecule has 4 aromatic rings. The highest BCUT2D eigenvalue weighted by atomic mass is 19.1. The van der Waals surface area contributed by atoms with Crippen LogP contribution in [-0.2, 0) is 7.05 Å². The first-order chi connectivity index (χ1) is 16.7. The lowest BCUT2D eigenvalue weighted by Gasteiger charge is -2.28. The molecule has 2 aliphatic rings. The van der Waals surface area contributed by atoms with Gasteiger partial charge >= 0.3 is 0 Å². The molecule has 3 heterocycles. The number of rotatable bonds is 6. The Bertz CT molecular complexity index is 1320. The standard InChI is InChI=1S/C26H26FN5O2/c1-32-14-19(25(31-32)16-5-3-2-4-6-16)26-18-11-23(34-22-9-10-28-13-20(22)27)24(33-17-7-8-17)12-21(18)29-15-30-26/h2-6,11-12,14-15,17,20,22,28H,7-10,13H2,1H3/t20-,22-/m1/s1. The third kappa shape index (κ3) is 4.09. The highest BCUT2D eigenvalue weighted by Crippen LogP contribution is 2.41. The summed E-state index contributed by atoms with van der Waals surface area (Å²) in [5.41, 5.74) is 4.24. The normalized spacial score (nSPS) is 20.4. The molecule has 1 aliphatic carbocycles. The molecule has 7 nitrogen and oxygen atoms in total. The van der Waals surface area contributed by atoms with Crippen molar-refractivity contribution >= 4 is 10.9 Å². The van der Waals surface area contributed by atoms with E-state index in [1.165, 1.54) is 0 Å². The Hall–Kier alpha value is -3.52. The highest BCUT2D eigenvalue weighted by Gasteiger charge is 2.30. The van der Waals surface area contributed by atoms with Crippen molar-refractivity contribution in [3.63, 3.8) is 0 Å². The van der Waals surface area contributed by atoms with E-state index in [9.17, 15) is 4.39 Å². The molecular weight excluding hydrogens is 433 g/mol. The van der Waals surface area contributed by atoms with Crippen molar-refractivity contribution in [2.24, 2.45) is 7.05 Å². The number of halogens is 1. The fourth-order valence-corrected chi connectivity index (χ4v) is 4.39. The highest BCUT2D eigenvalue weighted by molar-refractivity contribution is 5.97. The Morgan fingerprint density at radius 2 is 1.82 bits per heavy atom. The number of alkyl halides is 1. The molecule has 174 valence electrons. The van der Waals surface area contributed by atoms with E-state index in [-0.39, 0.29) is 6.10 Å². The van der Waals surface area contributed by atoms with Crippen LogP contribution in [0.2, 0.25) is 0 Å². The van der Waals surface area contributed by atoms with Crippen LogP contribution >= 0.6 is 0 Å².